The second kappa shape index (κ2) is 6.05. The van der Waals surface area contributed by atoms with Gasteiger partial charge in [0.15, 0.2) is 0 Å². The van der Waals surface area contributed by atoms with E-state index in [1.807, 2.05) is 37.3 Å². The molecule has 1 aromatic carbocycles. The lowest BCUT2D eigenvalue weighted by molar-refractivity contribution is 0.0926. The summed E-state index contributed by atoms with van der Waals surface area (Å²) in [5, 5.41) is 9.91. The second-order valence-corrected chi connectivity index (χ2v) is 5.21. The second-order valence-electron chi connectivity index (χ2n) is 5.21. The van der Waals surface area contributed by atoms with Crippen LogP contribution in [0, 0.1) is 0 Å². The van der Waals surface area contributed by atoms with E-state index in [2.05, 4.69) is 20.8 Å². The highest BCUT2D eigenvalue weighted by Crippen LogP contribution is 2.21. The maximum Gasteiger partial charge on any atom is 0.293 e. The first-order valence-electron chi connectivity index (χ1n) is 7.17. The summed E-state index contributed by atoms with van der Waals surface area (Å²) in [6, 6.07) is 9.73. The van der Waals surface area contributed by atoms with Crippen molar-refractivity contribution in [2.45, 2.75) is 31.8 Å². The van der Waals surface area contributed by atoms with Crippen molar-refractivity contribution in [1.82, 2.24) is 20.8 Å². The Kier molecular flexibility index (Phi) is 3.96. The number of aromatic nitrogens is 2. The lowest BCUT2D eigenvalue weighted by Gasteiger charge is -2.12. The van der Waals surface area contributed by atoms with Gasteiger partial charge >= 0.3 is 0 Å². The van der Waals surface area contributed by atoms with E-state index in [4.69, 9.17) is 4.52 Å². The van der Waals surface area contributed by atoms with Gasteiger partial charge < -0.3 is 15.2 Å². The Labute approximate surface area is 122 Å². The van der Waals surface area contributed by atoms with Crippen LogP contribution in [0.25, 0.3) is 0 Å². The molecular weight excluding hydrogens is 268 g/mol. The molecule has 0 radical (unpaired) electrons. The molecule has 1 fully saturated rings. The molecule has 3 rings (SSSR count). The third-order valence-electron chi connectivity index (χ3n) is 3.65. The predicted molar refractivity (Wildman–Crippen MR) is 76.6 cm³/mol. The number of hydrogen-bond acceptors (Lipinski definition) is 5. The number of carbonyl (C=O) groups excluding carboxylic acids is 1. The van der Waals surface area contributed by atoms with Gasteiger partial charge in [0.1, 0.15) is 0 Å². The van der Waals surface area contributed by atoms with Crippen LogP contribution in [0.2, 0.25) is 0 Å². The van der Waals surface area contributed by atoms with Crippen molar-refractivity contribution < 1.29 is 9.32 Å². The molecule has 0 bridgehead atoms. The Bertz CT molecular complexity index is 605. The van der Waals surface area contributed by atoms with Gasteiger partial charge in [-0.05, 0) is 31.9 Å². The molecule has 110 valence electrons. The number of amides is 1. The molecule has 6 heteroatoms. The van der Waals surface area contributed by atoms with Crippen molar-refractivity contribution in [3.8, 4) is 0 Å². The van der Waals surface area contributed by atoms with Crippen LogP contribution in [0.3, 0.4) is 0 Å². The molecule has 6 nitrogen and oxygen atoms in total. The van der Waals surface area contributed by atoms with Gasteiger partial charge in [0.25, 0.3) is 11.7 Å². The molecule has 2 N–H and O–H groups in total. The van der Waals surface area contributed by atoms with Crippen LogP contribution in [-0.2, 0) is 0 Å². The van der Waals surface area contributed by atoms with Gasteiger partial charge in [0.05, 0.1) is 12.1 Å². The summed E-state index contributed by atoms with van der Waals surface area (Å²) in [6.45, 7) is 2.87. The predicted octanol–water partition coefficient (Wildman–Crippen LogP) is 1.99. The fraction of sp³-hybridized carbons (Fsp3) is 0.400. The summed E-state index contributed by atoms with van der Waals surface area (Å²) in [4.78, 5) is 16.3. The van der Waals surface area contributed by atoms with Crippen molar-refractivity contribution in [2.24, 2.45) is 0 Å². The molecule has 0 saturated carbocycles. The summed E-state index contributed by atoms with van der Waals surface area (Å²) < 4.78 is 5.17. The summed E-state index contributed by atoms with van der Waals surface area (Å²) in [6.07, 6.45) is 2.04. The van der Waals surface area contributed by atoms with Crippen LogP contribution < -0.4 is 10.6 Å². The molecule has 0 aliphatic carbocycles. The van der Waals surface area contributed by atoms with E-state index in [9.17, 15) is 4.79 Å². The van der Waals surface area contributed by atoms with Crippen LogP contribution in [0.4, 0.5) is 0 Å². The van der Waals surface area contributed by atoms with Crippen molar-refractivity contribution in [1.29, 1.82) is 0 Å². The van der Waals surface area contributed by atoms with E-state index in [-0.39, 0.29) is 23.8 Å². The van der Waals surface area contributed by atoms with E-state index in [0.717, 1.165) is 24.9 Å². The zero-order valence-corrected chi connectivity index (χ0v) is 11.9. The summed E-state index contributed by atoms with van der Waals surface area (Å²) >= 11 is 0. The quantitative estimate of drug-likeness (QED) is 0.898. The summed E-state index contributed by atoms with van der Waals surface area (Å²) in [7, 11) is 0. The molecule has 1 aliphatic heterocycles. The smallest absolute Gasteiger partial charge is 0.293 e. The molecule has 2 aromatic rings. The molecular formula is C15H18N4O2. The number of benzene rings is 1. The van der Waals surface area contributed by atoms with E-state index in [0.29, 0.717) is 5.89 Å². The number of nitrogens with one attached hydrogen (secondary N) is 2. The van der Waals surface area contributed by atoms with Gasteiger partial charge in [-0.25, -0.2) is 0 Å². The Morgan fingerprint density at radius 1 is 1.43 bits per heavy atom. The monoisotopic (exact) mass is 286 g/mol. The molecule has 1 unspecified atom stereocenters. The summed E-state index contributed by atoms with van der Waals surface area (Å²) in [5.74, 6) is 0.255. The van der Waals surface area contributed by atoms with Crippen LogP contribution in [-0.4, -0.2) is 22.6 Å². The van der Waals surface area contributed by atoms with Crippen molar-refractivity contribution in [3.05, 3.63) is 47.6 Å². The zero-order valence-electron chi connectivity index (χ0n) is 11.9. The number of carbonyl (C=O) groups is 1. The van der Waals surface area contributed by atoms with Gasteiger partial charge in [0.2, 0.25) is 5.89 Å². The van der Waals surface area contributed by atoms with Gasteiger partial charge in [0, 0.05) is 0 Å². The van der Waals surface area contributed by atoms with Crippen LogP contribution in [0.15, 0.2) is 34.9 Å². The molecule has 2 atom stereocenters. The molecule has 21 heavy (non-hydrogen) atoms. The fourth-order valence-electron chi connectivity index (χ4n) is 2.45. The standard InChI is InChI=1S/C15H18N4O2/c1-10(11-6-3-2-4-7-11)17-14(20)13-18-15(21-19-13)12-8-5-9-16-12/h2-4,6-7,10,12,16H,5,8-9H2,1H3,(H,17,20)/t10-,12?/m0/s1. The molecule has 1 saturated heterocycles. The molecule has 1 amide bonds. The minimum absolute atomic E-state index is 0.0746. The Hall–Kier alpha value is -2.21. The normalized spacial score (nSPS) is 19.4. The molecule has 2 heterocycles. The Morgan fingerprint density at radius 2 is 2.24 bits per heavy atom. The lowest BCUT2D eigenvalue weighted by Crippen LogP contribution is -2.27. The first-order valence-corrected chi connectivity index (χ1v) is 7.17. The Morgan fingerprint density at radius 3 is 2.95 bits per heavy atom. The third kappa shape index (κ3) is 3.11. The van der Waals surface area contributed by atoms with E-state index in [1.165, 1.54) is 0 Å². The highest BCUT2D eigenvalue weighted by molar-refractivity contribution is 5.90. The van der Waals surface area contributed by atoms with E-state index in [1.54, 1.807) is 0 Å². The highest BCUT2D eigenvalue weighted by Gasteiger charge is 2.24. The maximum absolute atomic E-state index is 12.1. The van der Waals surface area contributed by atoms with Gasteiger partial charge in [-0.3, -0.25) is 4.79 Å². The topological polar surface area (TPSA) is 80.0 Å². The first kappa shape index (κ1) is 13.8. The zero-order chi connectivity index (χ0) is 14.7. The maximum atomic E-state index is 12.1. The van der Waals surface area contributed by atoms with Crippen molar-refractivity contribution >= 4 is 5.91 Å². The highest BCUT2D eigenvalue weighted by atomic mass is 16.5. The van der Waals surface area contributed by atoms with Crippen molar-refractivity contribution in [3.63, 3.8) is 0 Å². The van der Waals surface area contributed by atoms with Crippen LogP contribution in [0.1, 0.15) is 53.9 Å². The van der Waals surface area contributed by atoms with Crippen LogP contribution >= 0.6 is 0 Å². The average Bonchev–Trinajstić information content (AvgIpc) is 3.19. The molecule has 1 aliphatic rings. The van der Waals surface area contributed by atoms with E-state index < -0.39 is 0 Å². The number of rotatable bonds is 4. The molecule has 1 aromatic heterocycles. The minimum atomic E-state index is -0.320. The van der Waals surface area contributed by atoms with Gasteiger partial charge in [-0.1, -0.05) is 35.5 Å². The first-order chi connectivity index (χ1) is 10.2. The van der Waals surface area contributed by atoms with Crippen molar-refractivity contribution in [2.75, 3.05) is 6.54 Å². The molecule has 0 spiro atoms. The van der Waals surface area contributed by atoms with Crippen LogP contribution in [0.5, 0.6) is 0 Å². The summed E-state index contributed by atoms with van der Waals surface area (Å²) in [5.41, 5.74) is 1.03. The van der Waals surface area contributed by atoms with Gasteiger partial charge in [-0.15, -0.1) is 0 Å². The number of hydrogen-bond donors (Lipinski definition) is 2. The van der Waals surface area contributed by atoms with Gasteiger partial charge in [-0.2, -0.15) is 4.98 Å². The Balaban J connectivity index is 1.65. The largest absolute Gasteiger partial charge is 0.343 e. The SMILES string of the molecule is C[C@H](NC(=O)c1noc(C2CCCN2)n1)c1ccccc1. The fourth-order valence-corrected chi connectivity index (χ4v) is 2.45. The van der Waals surface area contributed by atoms with E-state index >= 15 is 0 Å². The number of nitrogens with zero attached hydrogens (tertiary/aromatic N) is 2. The average molecular weight is 286 g/mol. The third-order valence-corrected chi connectivity index (χ3v) is 3.65. The lowest BCUT2D eigenvalue weighted by atomic mass is 10.1. The minimum Gasteiger partial charge on any atom is -0.343 e.